The van der Waals surface area contributed by atoms with Gasteiger partial charge in [-0.05, 0) is 32.0 Å². The van der Waals surface area contributed by atoms with Crippen molar-refractivity contribution in [2.75, 3.05) is 13.2 Å². The Morgan fingerprint density at radius 2 is 1.88 bits per heavy atom. The Hall–Kier alpha value is 0.140. The molecule has 0 bridgehead atoms. The van der Waals surface area contributed by atoms with Crippen molar-refractivity contribution in [3.8, 4) is 0 Å². The van der Waals surface area contributed by atoms with E-state index in [9.17, 15) is 4.57 Å². The molecular formula is C10H13BrClO3P. The van der Waals surface area contributed by atoms with Crippen LogP contribution in [-0.2, 0) is 13.6 Å². The zero-order chi connectivity index (χ0) is 12.2. The van der Waals surface area contributed by atoms with Crippen molar-refractivity contribution in [3.05, 3.63) is 27.7 Å². The van der Waals surface area contributed by atoms with E-state index in [4.69, 9.17) is 20.6 Å². The van der Waals surface area contributed by atoms with E-state index in [2.05, 4.69) is 15.9 Å². The molecule has 1 aromatic rings. The van der Waals surface area contributed by atoms with Crippen LogP contribution in [0.5, 0.6) is 0 Å². The fourth-order valence-electron chi connectivity index (χ4n) is 1.21. The van der Waals surface area contributed by atoms with Crippen LogP contribution in [0, 0.1) is 0 Å². The average Bonchev–Trinajstić information content (AvgIpc) is 2.22. The third-order valence-electron chi connectivity index (χ3n) is 1.80. The lowest BCUT2D eigenvalue weighted by Gasteiger charge is -2.18. The molecule has 0 unspecified atom stereocenters. The maximum Gasteiger partial charge on any atom is 0.362 e. The van der Waals surface area contributed by atoms with Gasteiger partial charge in [0.25, 0.3) is 0 Å². The second-order valence-corrected chi connectivity index (χ2v) is 6.24. The SMILES string of the molecule is CCOP(=O)(OCC)c1cc(Br)ccc1Cl. The first-order chi connectivity index (χ1) is 7.53. The number of rotatable bonds is 5. The molecule has 16 heavy (non-hydrogen) atoms. The van der Waals surface area contributed by atoms with Crippen LogP contribution in [0.2, 0.25) is 5.02 Å². The first-order valence-electron chi connectivity index (χ1n) is 4.88. The van der Waals surface area contributed by atoms with Gasteiger partial charge in [-0.1, -0.05) is 27.5 Å². The van der Waals surface area contributed by atoms with Crippen LogP contribution in [0.25, 0.3) is 0 Å². The van der Waals surface area contributed by atoms with E-state index in [-0.39, 0.29) is 0 Å². The van der Waals surface area contributed by atoms with E-state index < -0.39 is 7.60 Å². The van der Waals surface area contributed by atoms with Crippen LogP contribution in [0.3, 0.4) is 0 Å². The topological polar surface area (TPSA) is 35.5 Å². The van der Waals surface area contributed by atoms with Crippen molar-refractivity contribution in [2.24, 2.45) is 0 Å². The summed E-state index contributed by atoms with van der Waals surface area (Å²) < 4.78 is 23.7. The van der Waals surface area contributed by atoms with Gasteiger partial charge in [0.05, 0.1) is 23.5 Å². The second-order valence-electron chi connectivity index (χ2n) is 2.93. The van der Waals surface area contributed by atoms with Gasteiger partial charge < -0.3 is 9.05 Å². The van der Waals surface area contributed by atoms with E-state index in [1.54, 1.807) is 32.0 Å². The molecule has 0 amide bonds. The van der Waals surface area contributed by atoms with E-state index >= 15 is 0 Å². The number of hydrogen-bond donors (Lipinski definition) is 0. The zero-order valence-electron chi connectivity index (χ0n) is 9.07. The summed E-state index contributed by atoms with van der Waals surface area (Å²) in [5.41, 5.74) is 0. The lowest BCUT2D eigenvalue weighted by molar-refractivity contribution is 0.230. The lowest BCUT2D eigenvalue weighted by Crippen LogP contribution is -2.12. The third-order valence-corrected chi connectivity index (χ3v) is 4.91. The van der Waals surface area contributed by atoms with Crippen LogP contribution >= 0.6 is 35.1 Å². The number of hydrogen-bond acceptors (Lipinski definition) is 3. The van der Waals surface area contributed by atoms with Crippen molar-refractivity contribution in [3.63, 3.8) is 0 Å². The minimum atomic E-state index is -3.30. The third kappa shape index (κ3) is 3.31. The van der Waals surface area contributed by atoms with Gasteiger partial charge in [0.15, 0.2) is 0 Å². The Bertz CT molecular complexity index is 401. The molecule has 3 nitrogen and oxygen atoms in total. The van der Waals surface area contributed by atoms with E-state index in [0.29, 0.717) is 23.5 Å². The highest BCUT2D eigenvalue weighted by Gasteiger charge is 2.29. The van der Waals surface area contributed by atoms with Gasteiger partial charge in [0, 0.05) is 4.47 Å². The summed E-state index contributed by atoms with van der Waals surface area (Å²) in [5.74, 6) is 0. The maximum absolute atomic E-state index is 12.4. The Morgan fingerprint density at radius 3 is 2.38 bits per heavy atom. The van der Waals surface area contributed by atoms with Crippen molar-refractivity contribution in [1.82, 2.24) is 0 Å². The molecule has 0 saturated heterocycles. The van der Waals surface area contributed by atoms with Crippen LogP contribution in [-0.4, -0.2) is 13.2 Å². The first kappa shape index (κ1) is 14.2. The molecule has 90 valence electrons. The predicted octanol–water partition coefficient (Wildman–Crippen LogP) is 3.99. The molecule has 0 fully saturated rings. The molecule has 0 aliphatic carbocycles. The average molecular weight is 328 g/mol. The normalized spacial score (nSPS) is 11.8. The second kappa shape index (κ2) is 6.18. The molecule has 1 aromatic carbocycles. The number of halogens is 2. The van der Waals surface area contributed by atoms with Gasteiger partial charge in [-0.15, -0.1) is 0 Å². The highest BCUT2D eigenvalue weighted by molar-refractivity contribution is 9.10. The van der Waals surface area contributed by atoms with Gasteiger partial charge in [-0.2, -0.15) is 0 Å². The Balaban J connectivity index is 3.20. The Morgan fingerprint density at radius 1 is 1.31 bits per heavy atom. The van der Waals surface area contributed by atoms with Crippen LogP contribution in [0.4, 0.5) is 0 Å². The minimum Gasteiger partial charge on any atom is -0.305 e. The standard InChI is InChI=1S/C10H13BrClO3P/c1-3-14-16(13,15-4-2)10-7-8(11)5-6-9(10)12/h5-7H,3-4H2,1-2H3. The van der Waals surface area contributed by atoms with Crippen molar-refractivity contribution in [2.45, 2.75) is 13.8 Å². The first-order valence-corrected chi connectivity index (χ1v) is 7.59. The zero-order valence-corrected chi connectivity index (χ0v) is 12.3. The molecule has 0 heterocycles. The fraction of sp³-hybridized carbons (Fsp3) is 0.400. The van der Waals surface area contributed by atoms with E-state index in [1.165, 1.54) is 0 Å². The van der Waals surface area contributed by atoms with Crippen LogP contribution in [0.1, 0.15) is 13.8 Å². The summed E-state index contributed by atoms with van der Waals surface area (Å²) in [6.07, 6.45) is 0. The van der Waals surface area contributed by atoms with Gasteiger partial charge in [-0.25, -0.2) is 0 Å². The lowest BCUT2D eigenvalue weighted by atomic mass is 10.4. The largest absolute Gasteiger partial charge is 0.362 e. The highest BCUT2D eigenvalue weighted by atomic mass is 79.9. The molecule has 0 aromatic heterocycles. The molecular weight excluding hydrogens is 314 g/mol. The summed E-state index contributed by atoms with van der Waals surface area (Å²) in [7, 11) is -3.30. The summed E-state index contributed by atoms with van der Waals surface area (Å²) in [5, 5.41) is 0.778. The van der Waals surface area contributed by atoms with Crippen molar-refractivity contribution >= 4 is 40.4 Å². The molecule has 1 rings (SSSR count). The molecule has 0 aliphatic rings. The molecule has 0 saturated carbocycles. The molecule has 0 radical (unpaired) electrons. The predicted molar refractivity (Wildman–Crippen MR) is 69.6 cm³/mol. The van der Waals surface area contributed by atoms with E-state index in [1.807, 2.05) is 0 Å². The van der Waals surface area contributed by atoms with Gasteiger partial charge in [-0.3, -0.25) is 4.57 Å². The smallest absolute Gasteiger partial charge is 0.305 e. The molecule has 0 spiro atoms. The molecule has 0 N–H and O–H groups in total. The molecule has 6 heteroatoms. The van der Waals surface area contributed by atoms with Crippen molar-refractivity contribution in [1.29, 1.82) is 0 Å². The Kier molecular flexibility index (Phi) is 5.48. The maximum atomic E-state index is 12.4. The van der Waals surface area contributed by atoms with E-state index in [0.717, 1.165) is 4.47 Å². The monoisotopic (exact) mass is 326 g/mol. The molecule has 0 atom stereocenters. The minimum absolute atomic E-state index is 0.306. The Labute approximate surface area is 109 Å². The summed E-state index contributed by atoms with van der Waals surface area (Å²) in [4.78, 5) is 0. The van der Waals surface area contributed by atoms with Crippen LogP contribution < -0.4 is 5.30 Å². The summed E-state index contributed by atoms with van der Waals surface area (Å²) >= 11 is 9.30. The fourth-order valence-corrected chi connectivity index (χ4v) is 3.84. The molecule has 0 aliphatic heterocycles. The summed E-state index contributed by atoms with van der Waals surface area (Å²) in [6, 6.07) is 5.09. The van der Waals surface area contributed by atoms with Gasteiger partial charge >= 0.3 is 7.60 Å². The van der Waals surface area contributed by atoms with Gasteiger partial charge in [0.2, 0.25) is 0 Å². The highest BCUT2D eigenvalue weighted by Crippen LogP contribution is 2.48. The van der Waals surface area contributed by atoms with Crippen molar-refractivity contribution < 1.29 is 13.6 Å². The quantitative estimate of drug-likeness (QED) is 0.767. The van der Waals surface area contributed by atoms with Gasteiger partial charge in [0.1, 0.15) is 0 Å². The summed E-state index contributed by atoms with van der Waals surface area (Å²) in [6.45, 7) is 4.13. The van der Waals surface area contributed by atoms with Crippen LogP contribution in [0.15, 0.2) is 22.7 Å². The number of benzene rings is 1.